The summed E-state index contributed by atoms with van der Waals surface area (Å²) in [6.07, 6.45) is 1.94. The summed E-state index contributed by atoms with van der Waals surface area (Å²) in [6, 6.07) is 7.94. The van der Waals surface area contributed by atoms with Crippen molar-refractivity contribution in [3.05, 3.63) is 30.0 Å². The Morgan fingerprint density at radius 1 is 1.22 bits per heavy atom. The van der Waals surface area contributed by atoms with Gasteiger partial charge in [-0.25, -0.2) is 0 Å². The minimum absolute atomic E-state index is 0.0397. The van der Waals surface area contributed by atoms with Crippen LogP contribution in [0, 0.1) is 5.92 Å². The van der Waals surface area contributed by atoms with Crippen LogP contribution in [0.5, 0.6) is 0 Å². The molecule has 0 unspecified atom stereocenters. The van der Waals surface area contributed by atoms with E-state index in [-0.39, 0.29) is 11.6 Å². The molecule has 1 aliphatic heterocycles. The molecule has 0 saturated carbocycles. The number of aromatic nitrogens is 1. The van der Waals surface area contributed by atoms with E-state index in [1.54, 1.807) is 0 Å². The molecule has 0 amide bonds. The molecule has 1 aromatic heterocycles. The summed E-state index contributed by atoms with van der Waals surface area (Å²) >= 11 is 0. The van der Waals surface area contributed by atoms with Crippen LogP contribution in [0.25, 0.3) is 11.0 Å². The van der Waals surface area contributed by atoms with Gasteiger partial charge in [-0.2, -0.15) is 0 Å². The average Bonchev–Trinajstić information content (AvgIpc) is 2.96. The summed E-state index contributed by atoms with van der Waals surface area (Å²) in [6.45, 7) is 5.30. The molecular formula is C18H22N2O3. The Morgan fingerprint density at radius 3 is 2.52 bits per heavy atom. The van der Waals surface area contributed by atoms with E-state index in [1.807, 2.05) is 18.2 Å². The normalized spacial score (nSPS) is 17.0. The predicted octanol–water partition coefficient (Wildman–Crippen LogP) is 2.80. The van der Waals surface area contributed by atoms with Crippen molar-refractivity contribution in [1.29, 1.82) is 0 Å². The summed E-state index contributed by atoms with van der Waals surface area (Å²) in [7, 11) is 0. The molecule has 0 radical (unpaired) electrons. The highest BCUT2D eigenvalue weighted by Crippen LogP contribution is 2.32. The molecule has 0 atom stereocenters. The number of rotatable bonds is 5. The lowest BCUT2D eigenvalue weighted by Crippen LogP contribution is -2.40. The molecule has 1 saturated heterocycles. The van der Waals surface area contributed by atoms with Crippen LogP contribution in [0.2, 0.25) is 0 Å². The van der Waals surface area contributed by atoms with Gasteiger partial charge < -0.3 is 9.42 Å². The molecule has 1 aromatic carbocycles. The fourth-order valence-electron chi connectivity index (χ4n) is 3.39. The minimum Gasteiger partial charge on any atom is -0.356 e. The van der Waals surface area contributed by atoms with Crippen LogP contribution >= 0.6 is 0 Å². The first-order chi connectivity index (χ1) is 11.1. The second-order valence-electron chi connectivity index (χ2n) is 6.41. The Hall–Kier alpha value is -2.01. The molecule has 1 aliphatic rings. The van der Waals surface area contributed by atoms with Crippen LogP contribution in [-0.2, 0) is 9.59 Å². The molecule has 0 bridgehead atoms. The number of nitrogens with zero attached hydrogens (tertiary/aromatic N) is 2. The molecule has 2 heterocycles. The Balaban J connectivity index is 1.64. The molecule has 3 rings (SSSR count). The highest BCUT2D eigenvalue weighted by Gasteiger charge is 2.28. The number of hydrogen-bond acceptors (Lipinski definition) is 5. The Bertz CT molecular complexity index is 700. The van der Waals surface area contributed by atoms with Crippen molar-refractivity contribution in [2.75, 3.05) is 19.6 Å². The number of likely N-dealkylation sites (tertiary alicyclic amines) is 1. The van der Waals surface area contributed by atoms with Gasteiger partial charge in [0.05, 0.1) is 11.6 Å². The third-order valence-electron chi connectivity index (χ3n) is 4.80. The molecule has 122 valence electrons. The summed E-state index contributed by atoms with van der Waals surface area (Å²) < 4.78 is 5.40. The molecule has 1 fully saturated rings. The predicted molar refractivity (Wildman–Crippen MR) is 87.3 cm³/mol. The summed E-state index contributed by atoms with van der Waals surface area (Å²) in [5.74, 6) is -0.188. The maximum absolute atomic E-state index is 11.6. The fourth-order valence-corrected chi connectivity index (χ4v) is 3.39. The Morgan fingerprint density at radius 2 is 1.87 bits per heavy atom. The van der Waals surface area contributed by atoms with Crippen molar-refractivity contribution in [3.63, 3.8) is 0 Å². The highest BCUT2D eigenvalue weighted by atomic mass is 16.5. The third kappa shape index (κ3) is 3.34. The van der Waals surface area contributed by atoms with E-state index in [0.717, 1.165) is 42.6 Å². The van der Waals surface area contributed by atoms with Gasteiger partial charge in [0.2, 0.25) is 0 Å². The summed E-state index contributed by atoms with van der Waals surface area (Å²) in [5.41, 5.74) is 1.87. The second-order valence-corrected chi connectivity index (χ2v) is 6.41. The summed E-state index contributed by atoms with van der Waals surface area (Å²) in [5, 5.41) is 5.35. The lowest BCUT2D eigenvalue weighted by atomic mass is 9.90. The number of benzene rings is 1. The van der Waals surface area contributed by atoms with E-state index in [1.165, 1.54) is 13.8 Å². The fraction of sp³-hybridized carbons (Fsp3) is 0.500. The largest absolute Gasteiger partial charge is 0.356 e. The highest BCUT2D eigenvalue weighted by molar-refractivity contribution is 6.00. The van der Waals surface area contributed by atoms with E-state index in [9.17, 15) is 9.59 Å². The number of ketones is 2. The van der Waals surface area contributed by atoms with Gasteiger partial charge in [-0.05, 0) is 51.9 Å². The van der Waals surface area contributed by atoms with Gasteiger partial charge in [0.25, 0.3) is 0 Å². The minimum atomic E-state index is -0.487. The monoisotopic (exact) mass is 314 g/mol. The SMILES string of the molecule is CC(=O)C(CN1CCC(c2noc3ccccc23)CC1)C(C)=O. The molecule has 5 heteroatoms. The van der Waals surface area contributed by atoms with Gasteiger partial charge >= 0.3 is 0 Å². The number of para-hydroxylation sites is 1. The number of carbonyl (C=O) groups excluding carboxylic acids is 2. The van der Waals surface area contributed by atoms with Crippen molar-refractivity contribution in [1.82, 2.24) is 10.1 Å². The maximum Gasteiger partial charge on any atom is 0.167 e. The second kappa shape index (κ2) is 6.62. The topological polar surface area (TPSA) is 63.4 Å². The molecule has 2 aromatic rings. The number of hydrogen-bond donors (Lipinski definition) is 0. The number of fused-ring (bicyclic) bond motifs is 1. The van der Waals surface area contributed by atoms with Crippen molar-refractivity contribution >= 4 is 22.5 Å². The number of Topliss-reactive ketones (excluding diaryl/α,β-unsaturated/α-hetero) is 2. The zero-order valence-corrected chi connectivity index (χ0v) is 13.6. The maximum atomic E-state index is 11.6. The molecule has 0 spiro atoms. The van der Waals surface area contributed by atoms with Crippen molar-refractivity contribution in [3.8, 4) is 0 Å². The van der Waals surface area contributed by atoms with Crippen molar-refractivity contribution in [2.45, 2.75) is 32.6 Å². The Labute approximate surface area is 135 Å². The van der Waals surface area contributed by atoms with E-state index in [4.69, 9.17) is 4.52 Å². The third-order valence-corrected chi connectivity index (χ3v) is 4.80. The van der Waals surface area contributed by atoms with Gasteiger partial charge in [0.1, 0.15) is 11.6 Å². The van der Waals surface area contributed by atoms with E-state index >= 15 is 0 Å². The number of piperidine rings is 1. The zero-order valence-electron chi connectivity index (χ0n) is 13.6. The van der Waals surface area contributed by atoms with Crippen LogP contribution in [0.4, 0.5) is 0 Å². The molecule has 0 aliphatic carbocycles. The van der Waals surface area contributed by atoms with Gasteiger partial charge in [-0.3, -0.25) is 9.59 Å². The van der Waals surface area contributed by atoms with Crippen LogP contribution in [0.3, 0.4) is 0 Å². The lowest BCUT2D eigenvalue weighted by molar-refractivity contribution is -0.131. The summed E-state index contributed by atoms with van der Waals surface area (Å²) in [4.78, 5) is 25.4. The lowest BCUT2D eigenvalue weighted by Gasteiger charge is -2.32. The van der Waals surface area contributed by atoms with Gasteiger partial charge in [0.15, 0.2) is 5.58 Å². The standard InChI is InChI=1S/C18H22N2O3/c1-12(21)16(13(2)22)11-20-9-7-14(8-10-20)18-15-5-3-4-6-17(15)23-19-18/h3-6,14,16H,7-11H2,1-2H3. The van der Waals surface area contributed by atoms with Gasteiger partial charge in [-0.15, -0.1) is 0 Å². The first-order valence-corrected chi connectivity index (χ1v) is 8.14. The smallest absolute Gasteiger partial charge is 0.167 e. The van der Waals surface area contributed by atoms with Crippen molar-refractivity contribution in [2.24, 2.45) is 5.92 Å². The quantitative estimate of drug-likeness (QED) is 0.794. The van der Waals surface area contributed by atoms with Crippen LogP contribution < -0.4 is 0 Å². The van der Waals surface area contributed by atoms with Gasteiger partial charge in [0, 0.05) is 17.8 Å². The zero-order chi connectivity index (χ0) is 16.4. The van der Waals surface area contributed by atoms with Crippen LogP contribution in [0.1, 0.15) is 38.3 Å². The first-order valence-electron chi connectivity index (χ1n) is 8.14. The van der Waals surface area contributed by atoms with Gasteiger partial charge in [-0.1, -0.05) is 17.3 Å². The van der Waals surface area contributed by atoms with E-state index < -0.39 is 5.92 Å². The Kier molecular flexibility index (Phi) is 4.57. The van der Waals surface area contributed by atoms with Crippen molar-refractivity contribution < 1.29 is 14.1 Å². The first kappa shape index (κ1) is 15.9. The van der Waals surface area contributed by atoms with Crippen LogP contribution in [-0.4, -0.2) is 41.3 Å². The molecule has 5 nitrogen and oxygen atoms in total. The number of carbonyl (C=O) groups is 2. The average molecular weight is 314 g/mol. The van der Waals surface area contributed by atoms with Crippen LogP contribution in [0.15, 0.2) is 28.8 Å². The molecule has 23 heavy (non-hydrogen) atoms. The molecular weight excluding hydrogens is 292 g/mol. The van der Waals surface area contributed by atoms with E-state index in [2.05, 4.69) is 16.1 Å². The van der Waals surface area contributed by atoms with E-state index in [0.29, 0.717) is 12.5 Å². The molecule has 0 N–H and O–H groups in total.